The minimum atomic E-state index is -0.0772. The first-order chi connectivity index (χ1) is 10.6. The average Bonchev–Trinajstić information content (AvgIpc) is 3.14. The minimum Gasteiger partial charge on any atom is -0.346 e. The number of aromatic nitrogens is 2. The van der Waals surface area contributed by atoms with E-state index in [1.165, 1.54) is 6.42 Å². The van der Waals surface area contributed by atoms with E-state index >= 15 is 0 Å². The number of halogens is 2. The molecule has 0 aliphatic carbocycles. The summed E-state index contributed by atoms with van der Waals surface area (Å²) in [5, 5.41) is 6.42. The van der Waals surface area contributed by atoms with E-state index in [0.29, 0.717) is 12.3 Å². The Kier molecular flexibility index (Phi) is 8.00. The van der Waals surface area contributed by atoms with Crippen LogP contribution in [-0.2, 0) is 11.8 Å². The molecule has 1 aliphatic heterocycles. The molecular weight excluding hydrogens is 347 g/mol. The summed E-state index contributed by atoms with van der Waals surface area (Å²) in [6.45, 7) is 4.13. The Morgan fingerprint density at radius 2 is 2.17 bits per heavy atom. The molecule has 24 heavy (non-hydrogen) atoms. The highest BCUT2D eigenvalue weighted by Gasteiger charge is 2.19. The van der Waals surface area contributed by atoms with E-state index in [1.54, 1.807) is 0 Å². The molecule has 5 nitrogen and oxygen atoms in total. The summed E-state index contributed by atoms with van der Waals surface area (Å²) in [6, 6.07) is 7.96. The summed E-state index contributed by atoms with van der Waals surface area (Å²) in [5.74, 6) is 1.67. The summed E-state index contributed by atoms with van der Waals surface area (Å²) in [6.07, 6.45) is 2.75. The largest absolute Gasteiger partial charge is 0.346 e. The van der Waals surface area contributed by atoms with Crippen molar-refractivity contribution < 1.29 is 4.79 Å². The normalized spacial score (nSPS) is 17.8. The third-order valence-electron chi connectivity index (χ3n) is 4.53. The number of carbonyl (C=O) groups is 1. The standard InChI is InChI=1S/C17H24N4O.2ClH/c1-12(19-16(22)8-7-13-9-10-18-11-13)17-20-14-5-3-4-6-15(14)21(17)2;;/h3-6,12-13,18H,7-11H2,1-2H3,(H,19,22);2*1H. The number of rotatable bonds is 5. The molecule has 2 N–H and O–H groups in total. The van der Waals surface area contributed by atoms with Crippen molar-refractivity contribution in [3.63, 3.8) is 0 Å². The van der Waals surface area contributed by atoms with Gasteiger partial charge in [-0.2, -0.15) is 0 Å². The quantitative estimate of drug-likeness (QED) is 0.847. The van der Waals surface area contributed by atoms with Gasteiger partial charge in [-0.05, 0) is 50.9 Å². The zero-order chi connectivity index (χ0) is 15.5. The molecule has 0 radical (unpaired) electrons. The number of fused-ring (bicyclic) bond motifs is 1. The minimum absolute atomic E-state index is 0. The van der Waals surface area contributed by atoms with Gasteiger partial charge in [0.1, 0.15) is 5.82 Å². The van der Waals surface area contributed by atoms with E-state index in [1.807, 2.05) is 38.2 Å². The Balaban J connectivity index is 0.00000144. The van der Waals surface area contributed by atoms with Gasteiger partial charge in [0.2, 0.25) is 5.91 Å². The smallest absolute Gasteiger partial charge is 0.220 e. The fourth-order valence-electron chi connectivity index (χ4n) is 3.23. The van der Waals surface area contributed by atoms with Crippen LogP contribution in [0.2, 0.25) is 0 Å². The van der Waals surface area contributed by atoms with Crippen LogP contribution in [0.25, 0.3) is 11.0 Å². The van der Waals surface area contributed by atoms with Crippen molar-refractivity contribution in [1.29, 1.82) is 0 Å². The second-order valence-electron chi connectivity index (χ2n) is 6.20. The number of carbonyl (C=O) groups excluding carboxylic acids is 1. The van der Waals surface area contributed by atoms with E-state index in [2.05, 4.69) is 20.2 Å². The van der Waals surface area contributed by atoms with Gasteiger partial charge in [0.15, 0.2) is 0 Å². The van der Waals surface area contributed by atoms with Crippen LogP contribution in [0, 0.1) is 5.92 Å². The number of aryl methyl sites for hydroxylation is 1. The number of hydrogen-bond donors (Lipinski definition) is 2. The maximum atomic E-state index is 12.1. The summed E-state index contributed by atoms with van der Waals surface area (Å²) in [7, 11) is 2.00. The molecule has 2 unspecified atom stereocenters. The Hall–Kier alpha value is -1.30. The molecule has 1 aromatic heterocycles. The number of para-hydroxylation sites is 2. The molecule has 0 bridgehead atoms. The molecule has 1 aliphatic rings. The Labute approximate surface area is 155 Å². The fourth-order valence-corrected chi connectivity index (χ4v) is 3.23. The molecule has 1 aromatic carbocycles. The number of benzene rings is 1. The lowest BCUT2D eigenvalue weighted by molar-refractivity contribution is -0.122. The second kappa shape index (κ2) is 9.25. The van der Waals surface area contributed by atoms with Crippen molar-refractivity contribution in [1.82, 2.24) is 20.2 Å². The number of nitrogens with zero attached hydrogens (tertiary/aromatic N) is 2. The summed E-state index contributed by atoms with van der Waals surface area (Å²) in [5.41, 5.74) is 2.06. The van der Waals surface area contributed by atoms with E-state index in [0.717, 1.165) is 36.4 Å². The van der Waals surface area contributed by atoms with Gasteiger partial charge < -0.3 is 15.2 Å². The van der Waals surface area contributed by atoms with Crippen LogP contribution in [0.4, 0.5) is 0 Å². The highest BCUT2D eigenvalue weighted by Crippen LogP contribution is 2.20. The third kappa shape index (κ3) is 4.62. The first kappa shape index (κ1) is 20.7. The third-order valence-corrected chi connectivity index (χ3v) is 4.53. The molecule has 134 valence electrons. The van der Waals surface area contributed by atoms with Crippen molar-refractivity contribution in [2.75, 3.05) is 13.1 Å². The molecule has 1 amide bonds. The number of amides is 1. The topological polar surface area (TPSA) is 59.0 Å². The van der Waals surface area contributed by atoms with Crippen LogP contribution in [0.5, 0.6) is 0 Å². The first-order valence-electron chi connectivity index (χ1n) is 8.06. The Bertz CT molecular complexity index is 668. The van der Waals surface area contributed by atoms with Gasteiger partial charge in [0.05, 0.1) is 17.1 Å². The predicted octanol–water partition coefficient (Wildman–Crippen LogP) is 2.98. The van der Waals surface area contributed by atoms with Gasteiger partial charge in [0.25, 0.3) is 0 Å². The van der Waals surface area contributed by atoms with Crippen molar-refractivity contribution in [3.8, 4) is 0 Å². The highest BCUT2D eigenvalue weighted by atomic mass is 35.5. The average molecular weight is 373 g/mol. The van der Waals surface area contributed by atoms with Crippen molar-refractivity contribution >= 4 is 41.8 Å². The lowest BCUT2D eigenvalue weighted by Crippen LogP contribution is -2.28. The van der Waals surface area contributed by atoms with Gasteiger partial charge in [0, 0.05) is 13.5 Å². The molecule has 3 rings (SSSR count). The van der Waals surface area contributed by atoms with Crippen LogP contribution >= 0.6 is 24.8 Å². The van der Waals surface area contributed by atoms with Crippen LogP contribution in [0.3, 0.4) is 0 Å². The summed E-state index contributed by atoms with van der Waals surface area (Å²) < 4.78 is 2.06. The molecule has 2 heterocycles. The van der Waals surface area contributed by atoms with E-state index in [-0.39, 0.29) is 36.8 Å². The number of hydrogen-bond acceptors (Lipinski definition) is 3. The van der Waals surface area contributed by atoms with Gasteiger partial charge in [-0.25, -0.2) is 4.98 Å². The van der Waals surface area contributed by atoms with E-state index in [9.17, 15) is 4.79 Å². The van der Waals surface area contributed by atoms with Gasteiger partial charge in [-0.15, -0.1) is 24.8 Å². The summed E-state index contributed by atoms with van der Waals surface area (Å²) in [4.78, 5) is 16.8. The molecule has 0 saturated carbocycles. The van der Waals surface area contributed by atoms with Crippen LogP contribution in [0.1, 0.15) is 38.1 Å². The monoisotopic (exact) mass is 372 g/mol. The number of imidazole rings is 1. The Morgan fingerprint density at radius 1 is 1.42 bits per heavy atom. The first-order valence-corrected chi connectivity index (χ1v) is 8.06. The van der Waals surface area contributed by atoms with Gasteiger partial charge in [-0.3, -0.25) is 4.79 Å². The molecule has 0 spiro atoms. The lowest BCUT2D eigenvalue weighted by Gasteiger charge is -2.15. The Morgan fingerprint density at radius 3 is 2.83 bits per heavy atom. The van der Waals surface area contributed by atoms with Crippen molar-refractivity contribution in [2.45, 2.75) is 32.2 Å². The van der Waals surface area contributed by atoms with E-state index < -0.39 is 0 Å². The van der Waals surface area contributed by atoms with Crippen molar-refractivity contribution in [3.05, 3.63) is 30.1 Å². The predicted molar refractivity (Wildman–Crippen MR) is 102 cm³/mol. The van der Waals surface area contributed by atoms with Crippen LogP contribution in [-0.4, -0.2) is 28.5 Å². The van der Waals surface area contributed by atoms with Crippen LogP contribution in [0.15, 0.2) is 24.3 Å². The molecule has 1 saturated heterocycles. The molecular formula is C17H26Cl2N4O. The molecule has 2 aromatic rings. The maximum Gasteiger partial charge on any atom is 0.220 e. The fraction of sp³-hybridized carbons (Fsp3) is 0.529. The molecule has 2 atom stereocenters. The van der Waals surface area contributed by atoms with Crippen molar-refractivity contribution in [2.24, 2.45) is 13.0 Å². The number of nitrogens with one attached hydrogen (secondary N) is 2. The second-order valence-corrected chi connectivity index (χ2v) is 6.20. The summed E-state index contributed by atoms with van der Waals surface area (Å²) >= 11 is 0. The SMILES string of the molecule is CC(NC(=O)CCC1CCNC1)c1nc2ccccc2n1C.Cl.Cl. The van der Waals surface area contributed by atoms with Crippen LogP contribution < -0.4 is 10.6 Å². The van der Waals surface area contributed by atoms with Gasteiger partial charge in [-0.1, -0.05) is 12.1 Å². The maximum absolute atomic E-state index is 12.1. The lowest BCUT2D eigenvalue weighted by atomic mass is 10.0. The zero-order valence-corrected chi connectivity index (χ0v) is 15.8. The molecule has 7 heteroatoms. The zero-order valence-electron chi connectivity index (χ0n) is 14.1. The highest BCUT2D eigenvalue weighted by molar-refractivity contribution is 5.85. The molecule has 1 fully saturated rings. The van der Waals surface area contributed by atoms with E-state index in [4.69, 9.17) is 0 Å². The van der Waals surface area contributed by atoms with Gasteiger partial charge >= 0.3 is 0 Å².